The molecule has 0 spiro atoms. The lowest BCUT2D eigenvalue weighted by Gasteiger charge is -2.29. The van der Waals surface area contributed by atoms with Gasteiger partial charge in [-0.1, -0.05) is 18.2 Å². The zero-order chi connectivity index (χ0) is 19.0. The summed E-state index contributed by atoms with van der Waals surface area (Å²) in [5, 5.41) is 0. The number of amides is 2. The van der Waals surface area contributed by atoms with E-state index in [0.717, 1.165) is 11.0 Å². The van der Waals surface area contributed by atoms with Crippen molar-refractivity contribution in [1.29, 1.82) is 0 Å². The first-order valence-electron chi connectivity index (χ1n) is 8.53. The molecule has 5 nitrogen and oxygen atoms in total. The number of ether oxygens (including phenoxy) is 1. The van der Waals surface area contributed by atoms with Crippen LogP contribution in [0.2, 0.25) is 0 Å². The highest BCUT2D eigenvalue weighted by molar-refractivity contribution is 6.45. The molecule has 2 heterocycles. The topological polar surface area (TPSA) is 49.9 Å². The third-order valence-corrected chi connectivity index (χ3v) is 4.59. The van der Waals surface area contributed by atoms with Gasteiger partial charge in [0.1, 0.15) is 17.3 Å². The highest BCUT2D eigenvalue weighted by atomic mass is 19.1. The SMILES string of the molecule is O=C1C(c2ccc(F)cc2)=C(N2CCOCC2)C(=O)N1c1cccc(F)c1. The second-order valence-electron chi connectivity index (χ2n) is 6.26. The van der Waals surface area contributed by atoms with Gasteiger partial charge < -0.3 is 9.64 Å². The smallest absolute Gasteiger partial charge is 0.282 e. The van der Waals surface area contributed by atoms with E-state index < -0.39 is 23.4 Å². The van der Waals surface area contributed by atoms with E-state index in [2.05, 4.69) is 0 Å². The van der Waals surface area contributed by atoms with E-state index in [1.54, 1.807) is 4.90 Å². The number of carbonyl (C=O) groups is 2. The molecule has 7 heteroatoms. The van der Waals surface area contributed by atoms with Crippen LogP contribution in [0.4, 0.5) is 14.5 Å². The molecule has 27 heavy (non-hydrogen) atoms. The van der Waals surface area contributed by atoms with Gasteiger partial charge in [0.25, 0.3) is 11.8 Å². The van der Waals surface area contributed by atoms with Crippen molar-refractivity contribution in [3.63, 3.8) is 0 Å². The van der Waals surface area contributed by atoms with Crippen molar-refractivity contribution in [2.75, 3.05) is 31.2 Å². The Bertz CT molecular complexity index is 934. The summed E-state index contributed by atoms with van der Waals surface area (Å²) in [7, 11) is 0. The van der Waals surface area contributed by atoms with Gasteiger partial charge in [-0.15, -0.1) is 0 Å². The molecule has 0 aromatic heterocycles. The second-order valence-corrected chi connectivity index (χ2v) is 6.26. The van der Waals surface area contributed by atoms with Gasteiger partial charge in [-0.25, -0.2) is 13.7 Å². The Morgan fingerprint density at radius 1 is 0.852 bits per heavy atom. The first-order valence-corrected chi connectivity index (χ1v) is 8.53. The summed E-state index contributed by atoms with van der Waals surface area (Å²) >= 11 is 0. The number of nitrogens with zero attached hydrogens (tertiary/aromatic N) is 2. The highest BCUT2D eigenvalue weighted by Gasteiger charge is 2.42. The Hall–Kier alpha value is -3.06. The number of morpholine rings is 1. The van der Waals surface area contributed by atoms with E-state index in [0.29, 0.717) is 31.9 Å². The summed E-state index contributed by atoms with van der Waals surface area (Å²) in [5.41, 5.74) is 1.02. The van der Waals surface area contributed by atoms with E-state index in [-0.39, 0.29) is 17.0 Å². The van der Waals surface area contributed by atoms with Crippen molar-refractivity contribution in [2.45, 2.75) is 0 Å². The van der Waals surface area contributed by atoms with Gasteiger partial charge in [-0.2, -0.15) is 0 Å². The summed E-state index contributed by atoms with van der Waals surface area (Å²) in [4.78, 5) is 29.0. The molecule has 2 aromatic rings. The van der Waals surface area contributed by atoms with Crippen molar-refractivity contribution >= 4 is 23.1 Å². The van der Waals surface area contributed by atoms with E-state index in [1.807, 2.05) is 0 Å². The molecule has 0 bridgehead atoms. The molecule has 0 atom stereocenters. The maximum Gasteiger partial charge on any atom is 0.282 e. The van der Waals surface area contributed by atoms with Crippen LogP contribution in [0, 0.1) is 11.6 Å². The van der Waals surface area contributed by atoms with Crippen molar-refractivity contribution in [2.24, 2.45) is 0 Å². The third-order valence-electron chi connectivity index (χ3n) is 4.59. The third kappa shape index (κ3) is 3.10. The molecular formula is C20H16F2N2O3. The summed E-state index contributed by atoms with van der Waals surface area (Å²) < 4.78 is 32.3. The van der Waals surface area contributed by atoms with Crippen LogP contribution in [0.15, 0.2) is 54.2 Å². The summed E-state index contributed by atoms with van der Waals surface area (Å²) in [6, 6.07) is 10.7. The zero-order valence-corrected chi connectivity index (χ0v) is 14.3. The fourth-order valence-electron chi connectivity index (χ4n) is 3.32. The number of halogens is 2. The Labute approximate surface area is 154 Å². The summed E-state index contributed by atoms with van der Waals surface area (Å²) in [6.07, 6.45) is 0. The molecule has 0 saturated carbocycles. The highest BCUT2D eigenvalue weighted by Crippen LogP contribution is 2.35. The Balaban J connectivity index is 1.83. The lowest BCUT2D eigenvalue weighted by atomic mass is 10.0. The van der Waals surface area contributed by atoms with E-state index in [9.17, 15) is 18.4 Å². The predicted molar refractivity (Wildman–Crippen MR) is 94.6 cm³/mol. The van der Waals surface area contributed by atoms with E-state index >= 15 is 0 Å². The standard InChI is InChI=1S/C20H16F2N2O3/c21-14-6-4-13(5-7-14)17-18(23-8-10-27-11-9-23)20(26)24(19(17)25)16-3-1-2-15(22)12-16/h1-7,12H,8-11H2. The lowest BCUT2D eigenvalue weighted by Crippen LogP contribution is -2.40. The Kier molecular flexibility index (Phi) is 4.45. The van der Waals surface area contributed by atoms with Crippen LogP contribution in [-0.4, -0.2) is 43.0 Å². The normalized spacial score (nSPS) is 17.9. The van der Waals surface area contributed by atoms with Gasteiger partial charge in [0.2, 0.25) is 0 Å². The Morgan fingerprint density at radius 3 is 2.22 bits per heavy atom. The maximum atomic E-state index is 13.7. The number of hydrogen-bond acceptors (Lipinski definition) is 4. The van der Waals surface area contributed by atoms with Crippen LogP contribution in [0.1, 0.15) is 5.56 Å². The van der Waals surface area contributed by atoms with Crippen LogP contribution in [0.3, 0.4) is 0 Å². The van der Waals surface area contributed by atoms with Gasteiger partial charge in [-0.3, -0.25) is 9.59 Å². The number of imide groups is 1. The fourth-order valence-corrected chi connectivity index (χ4v) is 3.32. The molecule has 4 rings (SSSR count). The minimum Gasteiger partial charge on any atom is -0.378 e. The number of hydrogen-bond donors (Lipinski definition) is 0. The van der Waals surface area contributed by atoms with Crippen molar-refractivity contribution < 1.29 is 23.1 Å². The van der Waals surface area contributed by atoms with Crippen LogP contribution < -0.4 is 4.90 Å². The first-order chi connectivity index (χ1) is 13.1. The summed E-state index contributed by atoms with van der Waals surface area (Å²) in [6.45, 7) is 1.77. The molecule has 0 radical (unpaired) electrons. The molecule has 138 valence electrons. The minimum atomic E-state index is -0.557. The number of benzene rings is 2. The van der Waals surface area contributed by atoms with Gasteiger partial charge >= 0.3 is 0 Å². The molecule has 2 aliphatic rings. The molecule has 0 aliphatic carbocycles. The van der Waals surface area contributed by atoms with E-state index in [1.165, 1.54) is 42.5 Å². The predicted octanol–water partition coefficient (Wildman–Crippen LogP) is 2.58. The lowest BCUT2D eigenvalue weighted by molar-refractivity contribution is -0.121. The molecular weight excluding hydrogens is 354 g/mol. The van der Waals surface area contributed by atoms with Gasteiger partial charge in [0.15, 0.2) is 0 Å². The molecule has 0 N–H and O–H groups in total. The minimum absolute atomic E-state index is 0.160. The maximum absolute atomic E-state index is 13.7. The molecule has 0 unspecified atom stereocenters. The van der Waals surface area contributed by atoms with Crippen molar-refractivity contribution in [3.05, 3.63) is 71.4 Å². The van der Waals surface area contributed by atoms with Crippen LogP contribution in [0.25, 0.3) is 5.57 Å². The first kappa shape index (κ1) is 17.4. The summed E-state index contributed by atoms with van der Waals surface area (Å²) in [5.74, 6) is -2.06. The van der Waals surface area contributed by atoms with Crippen LogP contribution in [0.5, 0.6) is 0 Å². The molecule has 1 fully saturated rings. The molecule has 2 aliphatic heterocycles. The monoisotopic (exact) mass is 370 g/mol. The quantitative estimate of drug-likeness (QED) is 0.780. The second kappa shape index (κ2) is 6.92. The molecule has 2 aromatic carbocycles. The zero-order valence-electron chi connectivity index (χ0n) is 14.3. The van der Waals surface area contributed by atoms with Crippen LogP contribution in [-0.2, 0) is 14.3 Å². The van der Waals surface area contributed by atoms with Gasteiger partial charge in [0, 0.05) is 13.1 Å². The fraction of sp³-hybridized carbons (Fsp3) is 0.200. The number of rotatable bonds is 3. The average molecular weight is 370 g/mol. The molecule has 2 amide bonds. The number of carbonyl (C=O) groups excluding carboxylic acids is 2. The van der Waals surface area contributed by atoms with Gasteiger partial charge in [0.05, 0.1) is 24.5 Å². The van der Waals surface area contributed by atoms with Gasteiger partial charge in [-0.05, 0) is 35.9 Å². The number of anilines is 1. The van der Waals surface area contributed by atoms with Crippen LogP contribution >= 0.6 is 0 Å². The largest absolute Gasteiger partial charge is 0.378 e. The van der Waals surface area contributed by atoms with E-state index in [4.69, 9.17) is 4.74 Å². The van der Waals surface area contributed by atoms with Crippen molar-refractivity contribution in [1.82, 2.24) is 4.90 Å². The molecule has 1 saturated heterocycles. The Morgan fingerprint density at radius 2 is 1.56 bits per heavy atom. The average Bonchev–Trinajstić information content (AvgIpc) is 2.93. The van der Waals surface area contributed by atoms with Crippen molar-refractivity contribution in [3.8, 4) is 0 Å².